The molecule has 5 aliphatic rings. The van der Waals surface area contributed by atoms with Gasteiger partial charge in [0, 0.05) is 89.5 Å². The summed E-state index contributed by atoms with van der Waals surface area (Å²) in [6.07, 6.45) is 5.96. The molecule has 0 saturated carbocycles. The topological polar surface area (TPSA) is 198 Å². The highest BCUT2D eigenvalue weighted by Crippen LogP contribution is 2.35. The van der Waals surface area contributed by atoms with Gasteiger partial charge in [-0.15, -0.1) is 0 Å². The predicted octanol–water partition coefficient (Wildman–Crippen LogP) is 2.98. The number of carbonyl (C=O) groups excluding carboxylic acids is 3. The highest BCUT2D eigenvalue weighted by Gasteiger charge is 2.33. The molecule has 2 aromatic carbocycles. The fraction of sp³-hybridized carbons (Fsp3) is 0.500. The number of piperidine rings is 1. The van der Waals surface area contributed by atoms with Crippen LogP contribution >= 0.6 is 0 Å². The number of likely N-dealkylation sites (tertiary alicyclic amines) is 1. The first-order valence-corrected chi connectivity index (χ1v) is 22.2. The van der Waals surface area contributed by atoms with E-state index in [-0.39, 0.29) is 59.7 Å². The van der Waals surface area contributed by atoms with Gasteiger partial charge in [-0.25, -0.2) is 19.9 Å². The van der Waals surface area contributed by atoms with E-state index in [0.29, 0.717) is 88.3 Å². The maximum atomic E-state index is 13.7. The van der Waals surface area contributed by atoms with Crippen LogP contribution < -0.4 is 10.6 Å². The van der Waals surface area contributed by atoms with Crippen molar-refractivity contribution in [2.45, 2.75) is 65.2 Å². The first-order valence-electron chi connectivity index (χ1n) is 22.2. The van der Waals surface area contributed by atoms with Gasteiger partial charge in [0.15, 0.2) is 5.82 Å². The summed E-state index contributed by atoms with van der Waals surface area (Å²) in [5.74, 6) is 1.51. The number of nitrogen functional groups attached to an aromatic ring is 1. The van der Waals surface area contributed by atoms with E-state index in [1.54, 1.807) is 28.3 Å². The van der Waals surface area contributed by atoms with Gasteiger partial charge >= 0.3 is 0 Å². The Bertz CT molecular complexity index is 2360. The van der Waals surface area contributed by atoms with E-state index in [9.17, 15) is 24.6 Å². The van der Waals surface area contributed by atoms with E-state index in [2.05, 4.69) is 42.9 Å². The van der Waals surface area contributed by atoms with Crippen LogP contribution in [0.15, 0.2) is 42.7 Å². The number of rotatable bonds is 10. The Morgan fingerprint density at radius 2 is 1.60 bits per heavy atom. The van der Waals surface area contributed by atoms with Gasteiger partial charge in [0.1, 0.15) is 17.3 Å². The fourth-order valence-corrected chi connectivity index (χ4v) is 9.61. The van der Waals surface area contributed by atoms with E-state index in [1.807, 2.05) is 18.7 Å². The van der Waals surface area contributed by atoms with Crippen LogP contribution in [-0.4, -0.2) is 151 Å². The Morgan fingerprint density at radius 1 is 0.841 bits per heavy atom. The molecule has 5 aliphatic heterocycles. The number of carbonyl (C=O) groups is 3. The van der Waals surface area contributed by atoms with Gasteiger partial charge in [-0.1, -0.05) is 32.0 Å². The van der Waals surface area contributed by atoms with Crippen molar-refractivity contribution in [3.63, 3.8) is 0 Å². The third-order valence-electron chi connectivity index (χ3n) is 13.3. The number of aromatic hydroxyl groups is 2. The molecule has 2 aromatic heterocycles. The van der Waals surface area contributed by atoms with Crippen molar-refractivity contribution in [2.75, 3.05) is 89.3 Å². The summed E-state index contributed by atoms with van der Waals surface area (Å²) >= 11 is 0. The van der Waals surface area contributed by atoms with Crippen molar-refractivity contribution < 1.29 is 29.3 Å². The number of phenols is 2. The number of ether oxygens (including phenoxy) is 1. The second kappa shape index (κ2) is 18.1. The van der Waals surface area contributed by atoms with E-state index in [0.717, 1.165) is 73.8 Å². The number of aromatic nitrogens is 4. The second-order valence-electron chi connectivity index (χ2n) is 17.9. The number of amides is 3. The zero-order chi connectivity index (χ0) is 43.8. The summed E-state index contributed by atoms with van der Waals surface area (Å²) in [4.78, 5) is 71.0. The molecule has 0 radical (unpaired) electrons. The minimum absolute atomic E-state index is 0.00549. The fourth-order valence-electron chi connectivity index (χ4n) is 9.61. The van der Waals surface area contributed by atoms with Gasteiger partial charge in [-0.05, 0) is 72.5 Å². The highest BCUT2D eigenvalue weighted by molar-refractivity contribution is 5.97. The Morgan fingerprint density at radius 3 is 2.35 bits per heavy atom. The van der Waals surface area contributed by atoms with Crippen molar-refractivity contribution in [3.8, 4) is 22.9 Å². The monoisotopic (exact) mass is 859 g/mol. The Balaban J connectivity index is 0.740. The summed E-state index contributed by atoms with van der Waals surface area (Å²) in [5.41, 5.74) is 12.7. The van der Waals surface area contributed by atoms with Crippen LogP contribution in [0.3, 0.4) is 0 Å². The average molecular weight is 860 g/mol. The molecule has 3 amide bonds. The standard InChI is InChI=1S/C46H57N11O6/c1-29(2)36-18-37(40(59)19-39(36)58)45(62)57-24-32-4-3-31(17-33(32)25-57)22-52-8-5-30(6-9-52)23-55-11-12-56(28-42(55)61)41(60)27-53-10-7-35-38(26-53)50-43(34-20-48-46(47)49-21-34)51-44(35)54-13-15-63-16-14-54/h3-4,17-21,29-30,58-59H,5-16,22-28H2,1-2H3,(H2,47,48,49). The van der Waals surface area contributed by atoms with Crippen molar-refractivity contribution in [3.05, 3.63) is 81.8 Å². The number of fused-ring (bicyclic) bond motifs is 2. The van der Waals surface area contributed by atoms with Crippen molar-refractivity contribution in [1.29, 1.82) is 0 Å². The molecule has 3 fully saturated rings. The SMILES string of the molecule is CC(C)c1cc(C(=O)N2Cc3ccc(CN4CCC(CN5CCN(C(=O)CN6CCc7c(nc(-c8cnc(N)nc8)nc7N7CCOCC7)C6)CC5=O)CC4)cc3C2)c(O)cc1O. The van der Waals surface area contributed by atoms with Gasteiger partial charge in [-0.3, -0.25) is 24.2 Å². The molecule has 9 rings (SSSR count). The molecule has 4 aromatic rings. The Labute approximate surface area is 367 Å². The number of phenolic OH excluding ortho intramolecular Hbond substituents is 2. The van der Waals surface area contributed by atoms with Crippen molar-refractivity contribution >= 4 is 29.5 Å². The number of morpholine rings is 1. The Kier molecular flexibility index (Phi) is 12.2. The highest BCUT2D eigenvalue weighted by atomic mass is 16.5. The zero-order valence-corrected chi connectivity index (χ0v) is 36.2. The predicted molar refractivity (Wildman–Crippen MR) is 235 cm³/mol. The zero-order valence-electron chi connectivity index (χ0n) is 36.2. The lowest BCUT2D eigenvalue weighted by Crippen LogP contribution is -2.55. The Hall–Kier alpha value is -5.91. The maximum Gasteiger partial charge on any atom is 0.258 e. The molecule has 7 heterocycles. The van der Waals surface area contributed by atoms with Crippen LogP contribution in [0.1, 0.15) is 76.5 Å². The minimum atomic E-state index is -0.249. The number of piperazine rings is 1. The van der Waals surface area contributed by atoms with Gasteiger partial charge in [0.05, 0.1) is 43.1 Å². The maximum absolute atomic E-state index is 13.7. The van der Waals surface area contributed by atoms with Crippen LogP contribution in [0.2, 0.25) is 0 Å². The van der Waals surface area contributed by atoms with Gasteiger partial charge < -0.3 is 40.3 Å². The molecular weight excluding hydrogens is 803 g/mol. The molecular formula is C46H57N11O6. The number of hydrogen-bond donors (Lipinski definition) is 3. The molecule has 332 valence electrons. The van der Waals surface area contributed by atoms with Gasteiger partial charge in [-0.2, -0.15) is 0 Å². The largest absolute Gasteiger partial charge is 0.508 e. The molecule has 4 N–H and O–H groups in total. The molecule has 17 nitrogen and oxygen atoms in total. The molecule has 0 spiro atoms. The second-order valence-corrected chi connectivity index (χ2v) is 17.9. The van der Waals surface area contributed by atoms with E-state index in [4.69, 9.17) is 20.4 Å². The van der Waals surface area contributed by atoms with Crippen LogP contribution in [0.5, 0.6) is 11.5 Å². The molecule has 0 unspecified atom stereocenters. The lowest BCUT2D eigenvalue weighted by molar-refractivity contribution is -0.146. The number of benzene rings is 2. The number of hydrogen-bond acceptors (Lipinski definition) is 14. The molecule has 0 atom stereocenters. The minimum Gasteiger partial charge on any atom is -0.508 e. The summed E-state index contributed by atoms with van der Waals surface area (Å²) in [6, 6.07) is 9.31. The van der Waals surface area contributed by atoms with Crippen LogP contribution in [0.4, 0.5) is 11.8 Å². The van der Waals surface area contributed by atoms with Crippen LogP contribution in [-0.2, 0) is 46.9 Å². The molecule has 3 saturated heterocycles. The van der Waals surface area contributed by atoms with Crippen LogP contribution in [0, 0.1) is 5.92 Å². The summed E-state index contributed by atoms with van der Waals surface area (Å²) in [5, 5.41) is 20.8. The third-order valence-corrected chi connectivity index (χ3v) is 13.3. The lowest BCUT2D eigenvalue weighted by Gasteiger charge is -2.39. The normalized spacial score (nSPS) is 18.9. The smallest absolute Gasteiger partial charge is 0.258 e. The quantitative estimate of drug-likeness (QED) is 0.211. The van der Waals surface area contributed by atoms with E-state index in [1.165, 1.54) is 11.6 Å². The average Bonchev–Trinajstić information content (AvgIpc) is 3.71. The van der Waals surface area contributed by atoms with Gasteiger partial charge in [0.2, 0.25) is 17.8 Å². The molecule has 0 bridgehead atoms. The molecule has 17 heteroatoms. The van der Waals surface area contributed by atoms with E-state index < -0.39 is 0 Å². The first-order chi connectivity index (χ1) is 30.4. The summed E-state index contributed by atoms with van der Waals surface area (Å²) < 4.78 is 5.61. The number of nitrogens with zero attached hydrogens (tertiary/aromatic N) is 10. The molecule has 0 aliphatic carbocycles. The van der Waals surface area contributed by atoms with Crippen molar-refractivity contribution in [2.24, 2.45) is 5.92 Å². The summed E-state index contributed by atoms with van der Waals surface area (Å²) in [7, 11) is 0. The molecule has 63 heavy (non-hydrogen) atoms. The summed E-state index contributed by atoms with van der Waals surface area (Å²) in [6.45, 7) is 13.5. The van der Waals surface area contributed by atoms with E-state index >= 15 is 0 Å². The van der Waals surface area contributed by atoms with Gasteiger partial charge in [0.25, 0.3) is 5.91 Å². The first kappa shape index (κ1) is 42.4. The van der Waals surface area contributed by atoms with Crippen molar-refractivity contribution in [1.82, 2.24) is 44.4 Å². The lowest BCUT2D eigenvalue weighted by atomic mass is 9.95. The number of anilines is 2. The third kappa shape index (κ3) is 9.26. The van der Waals surface area contributed by atoms with Crippen LogP contribution in [0.25, 0.3) is 11.4 Å². The number of nitrogens with two attached hydrogens (primary N) is 1.